The lowest BCUT2D eigenvalue weighted by Gasteiger charge is -2.36. The number of hydrogen-bond donors (Lipinski definition) is 0. The van der Waals surface area contributed by atoms with Crippen molar-refractivity contribution in [1.29, 1.82) is 5.26 Å². The summed E-state index contributed by atoms with van der Waals surface area (Å²) in [6.45, 7) is 5.74. The lowest BCUT2D eigenvalue weighted by Crippen LogP contribution is -2.50. The average Bonchev–Trinajstić information content (AvgIpc) is 3.28. The van der Waals surface area contributed by atoms with Crippen molar-refractivity contribution in [3.8, 4) is 6.07 Å². The molecular formula is C23H26F3N5O2S. The highest BCUT2D eigenvalue weighted by Crippen LogP contribution is 2.35. The number of aromatic nitrogens is 1. The summed E-state index contributed by atoms with van der Waals surface area (Å²) in [5, 5.41) is 12.0. The van der Waals surface area contributed by atoms with E-state index in [9.17, 15) is 18.0 Å². The number of halogens is 3. The highest BCUT2D eigenvalue weighted by atomic mass is 32.1. The Hall–Kier alpha value is -2.84. The van der Waals surface area contributed by atoms with Crippen LogP contribution in [0.3, 0.4) is 0 Å². The van der Waals surface area contributed by atoms with Crippen molar-refractivity contribution in [1.82, 2.24) is 9.88 Å². The van der Waals surface area contributed by atoms with E-state index in [1.807, 2.05) is 22.1 Å². The van der Waals surface area contributed by atoms with E-state index < -0.39 is 11.7 Å². The van der Waals surface area contributed by atoms with Crippen LogP contribution < -0.4 is 9.80 Å². The van der Waals surface area contributed by atoms with Crippen molar-refractivity contribution < 1.29 is 22.7 Å². The Kier molecular flexibility index (Phi) is 7.28. The molecule has 2 aliphatic heterocycles. The third-order valence-corrected chi connectivity index (χ3v) is 7.21. The van der Waals surface area contributed by atoms with Gasteiger partial charge in [0, 0.05) is 50.3 Å². The summed E-state index contributed by atoms with van der Waals surface area (Å²) < 4.78 is 45.6. The molecule has 2 aromatic rings. The van der Waals surface area contributed by atoms with E-state index in [2.05, 4.69) is 9.88 Å². The molecule has 2 fully saturated rings. The number of rotatable bonds is 5. The van der Waals surface area contributed by atoms with Gasteiger partial charge in [0.05, 0.1) is 29.0 Å². The van der Waals surface area contributed by atoms with Gasteiger partial charge in [-0.2, -0.15) is 18.4 Å². The molecule has 0 bridgehead atoms. The molecule has 1 aromatic carbocycles. The van der Waals surface area contributed by atoms with E-state index in [4.69, 9.17) is 10.00 Å². The van der Waals surface area contributed by atoms with Gasteiger partial charge in [0.25, 0.3) is 0 Å². The smallest absolute Gasteiger partial charge is 0.371 e. The minimum absolute atomic E-state index is 0.0100. The van der Waals surface area contributed by atoms with Crippen LogP contribution in [-0.4, -0.2) is 67.8 Å². The van der Waals surface area contributed by atoms with Crippen LogP contribution in [0.5, 0.6) is 0 Å². The number of amides is 1. The van der Waals surface area contributed by atoms with Crippen molar-refractivity contribution in [2.75, 3.05) is 55.7 Å². The number of carbonyl (C=O) groups is 1. The number of nitrogens with zero attached hydrogens (tertiary/aromatic N) is 5. The molecule has 7 nitrogen and oxygen atoms in total. The van der Waals surface area contributed by atoms with Gasteiger partial charge in [0.15, 0.2) is 5.13 Å². The number of alkyl halides is 3. The number of hydrogen-bond acceptors (Lipinski definition) is 7. The quantitative estimate of drug-likeness (QED) is 0.633. The molecule has 11 heteroatoms. The molecule has 0 saturated carbocycles. The molecule has 182 valence electrons. The Bertz CT molecular complexity index is 1050. The van der Waals surface area contributed by atoms with Gasteiger partial charge in [0.1, 0.15) is 6.61 Å². The van der Waals surface area contributed by atoms with Crippen molar-refractivity contribution >= 4 is 28.1 Å². The summed E-state index contributed by atoms with van der Waals surface area (Å²) in [6.07, 6.45) is -3.45. The molecule has 0 radical (unpaired) electrons. The number of nitriles is 1. The number of benzene rings is 1. The fourth-order valence-electron chi connectivity index (χ4n) is 4.26. The highest BCUT2D eigenvalue weighted by Gasteiger charge is 2.34. The lowest BCUT2D eigenvalue weighted by molar-refractivity contribution is -0.139. The first-order chi connectivity index (χ1) is 16.2. The van der Waals surface area contributed by atoms with Crippen molar-refractivity contribution in [3.05, 3.63) is 40.4 Å². The summed E-state index contributed by atoms with van der Waals surface area (Å²) in [5.41, 5.74) is 0.143. The molecule has 2 aliphatic rings. The van der Waals surface area contributed by atoms with E-state index in [-0.39, 0.29) is 24.2 Å². The maximum atomic E-state index is 13.3. The van der Waals surface area contributed by atoms with Gasteiger partial charge in [-0.05, 0) is 38.0 Å². The Morgan fingerprint density at radius 3 is 2.47 bits per heavy atom. The molecule has 3 heterocycles. The first kappa shape index (κ1) is 24.3. The lowest BCUT2D eigenvalue weighted by atomic mass is 10.0. The second-order valence-corrected chi connectivity index (χ2v) is 9.31. The van der Waals surface area contributed by atoms with E-state index in [0.717, 1.165) is 30.0 Å². The van der Waals surface area contributed by atoms with E-state index in [1.54, 1.807) is 23.5 Å². The Morgan fingerprint density at radius 2 is 1.88 bits per heavy atom. The second-order valence-electron chi connectivity index (χ2n) is 8.48. The van der Waals surface area contributed by atoms with Crippen molar-refractivity contribution in [2.24, 2.45) is 0 Å². The molecule has 4 rings (SSSR count). The zero-order valence-corrected chi connectivity index (χ0v) is 19.7. The van der Waals surface area contributed by atoms with Gasteiger partial charge in [-0.1, -0.05) is 0 Å². The summed E-state index contributed by atoms with van der Waals surface area (Å²) in [5.74, 6) is -0.0423. The monoisotopic (exact) mass is 493 g/mol. The number of piperazine rings is 1. The van der Waals surface area contributed by atoms with E-state index in [0.29, 0.717) is 44.7 Å². The summed E-state index contributed by atoms with van der Waals surface area (Å²) in [7, 11) is 0. The first-order valence-corrected chi connectivity index (χ1v) is 12.1. The Labute approximate surface area is 200 Å². The number of aryl methyl sites for hydroxylation is 1. The third kappa shape index (κ3) is 5.62. The van der Waals surface area contributed by atoms with Crippen LogP contribution in [0.2, 0.25) is 0 Å². The van der Waals surface area contributed by atoms with Crippen LogP contribution in [0, 0.1) is 18.3 Å². The number of thiazole rings is 1. The molecule has 2 saturated heterocycles. The SMILES string of the molecule is Cc1csc(N2CCN(C(=O)COC3CCN(c4ccc(C#N)c(C(F)(F)F)c4)CC3)CC2)n1. The molecule has 0 aliphatic carbocycles. The topological polar surface area (TPSA) is 72.7 Å². The van der Waals surface area contributed by atoms with Crippen LogP contribution in [0.25, 0.3) is 0 Å². The molecule has 1 amide bonds. The normalized spacial score (nSPS) is 17.7. The highest BCUT2D eigenvalue weighted by molar-refractivity contribution is 7.13. The number of piperidine rings is 1. The van der Waals surface area contributed by atoms with Gasteiger partial charge < -0.3 is 19.4 Å². The molecular weight excluding hydrogens is 467 g/mol. The summed E-state index contributed by atoms with van der Waals surface area (Å²) >= 11 is 1.61. The zero-order chi connectivity index (χ0) is 24.3. The van der Waals surface area contributed by atoms with Crippen LogP contribution in [0.1, 0.15) is 29.7 Å². The average molecular weight is 494 g/mol. The van der Waals surface area contributed by atoms with E-state index in [1.165, 1.54) is 6.07 Å². The van der Waals surface area contributed by atoms with E-state index >= 15 is 0 Å². The minimum Gasteiger partial charge on any atom is -0.371 e. The van der Waals surface area contributed by atoms with Gasteiger partial charge >= 0.3 is 6.18 Å². The molecule has 0 unspecified atom stereocenters. The number of carbonyl (C=O) groups excluding carboxylic acids is 1. The standard InChI is InChI=1S/C23H26F3N5O2S/c1-16-15-34-22(28-16)31-10-8-30(9-11-31)21(32)14-33-19-4-6-29(7-5-19)18-3-2-17(13-27)20(12-18)23(24,25)26/h2-3,12,15,19H,4-11,14H2,1H3. The zero-order valence-electron chi connectivity index (χ0n) is 18.8. The fourth-order valence-corrected chi connectivity index (χ4v) is 5.11. The summed E-state index contributed by atoms with van der Waals surface area (Å²) in [4.78, 5) is 22.9. The number of anilines is 2. The van der Waals surface area contributed by atoms with Crippen LogP contribution in [0.4, 0.5) is 24.0 Å². The van der Waals surface area contributed by atoms with Gasteiger partial charge in [-0.25, -0.2) is 4.98 Å². The van der Waals surface area contributed by atoms with Crippen molar-refractivity contribution in [2.45, 2.75) is 32.0 Å². The molecule has 0 N–H and O–H groups in total. The maximum Gasteiger partial charge on any atom is 0.417 e. The molecule has 34 heavy (non-hydrogen) atoms. The first-order valence-electron chi connectivity index (χ1n) is 11.2. The maximum absolute atomic E-state index is 13.3. The van der Waals surface area contributed by atoms with Gasteiger partial charge in [0.2, 0.25) is 5.91 Å². The summed E-state index contributed by atoms with van der Waals surface area (Å²) in [6, 6.07) is 5.41. The van der Waals surface area contributed by atoms with Crippen LogP contribution in [0.15, 0.2) is 23.6 Å². The van der Waals surface area contributed by atoms with Crippen LogP contribution >= 0.6 is 11.3 Å². The minimum atomic E-state index is -4.58. The fraction of sp³-hybridized carbons (Fsp3) is 0.522. The van der Waals surface area contributed by atoms with Crippen LogP contribution in [-0.2, 0) is 15.7 Å². The molecule has 0 spiro atoms. The number of ether oxygens (including phenoxy) is 1. The van der Waals surface area contributed by atoms with Crippen molar-refractivity contribution in [3.63, 3.8) is 0 Å². The predicted molar refractivity (Wildman–Crippen MR) is 123 cm³/mol. The third-order valence-electron chi connectivity index (χ3n) is 6.19. The predicted octanol–water partition coefficient (Wildman–Crippen LogP) is 3.68. The molecule has 1 aromatic heterocycles. The molecule has 0 atom stereocenters. The largest absolute Gasteiger partial charge is 0.417 e. The second kappa shape index (κ2) is 10.2. The Morgan fingerprint density at radius 1 is 1.18 bits per heavy atom. The van der Waals surface area contributed by atoms with Gasteiger partial charge in [-0.15, -0.1) is 11.3 Å². The van der Waals surface area contributed by atoms with Gasteiger partial charge in [-0.3, -0.25) is 4.79 Å². The Balaban J connectivity index is 1.23.